The second-order valence-electron chi connectivity index (χ2n) is 4.92. The molecule has 1 saturated heterocycles. The average molecular weight is 335 g/mol. The first kappa shape index (κ1) is 17.5. The molecule has 1 fully saturated rings. The highest BCUT2D eigenvalue weighted by molar-refractivity contribution is 7.46. The summed E-state index contributed by atoms with van der Waals surface area (Å²) in [5, 5.41) is 29.3. The molecule has 0 saturated carbocycles. The van der Waals surface area contributed by atoms with Gasteiger partial charge in [-0.25, -0.2) is 4.57 Å². The van der Waals surface area contributed by atoms with Gasteiger partial charge in [-0.15, -0.1) is 0 Å². The van der Waals surface area contributed by atoms with Crippen LogP contribution in [0.15, 0.2) is 30.3 Å². The zero-order chi connectivity index (χ0) is 16.3. The number of rotatable bonds is 6. The van der Waals surface area contributed by atoms with E-state index in [2.05, 4.69) is 4.52 Å². The number of hydrogen-bond donors (Lipinski definition) is 6. The van der Waals surface area contributed by atoms with Crippen LogP contribution in [0.25, 0.3) is 0 Å². The van der Waals surface area contributed by atoms with Gasteiger partial charge in [0.2, 0.25) is 0 Å². The third-order valence-corrected chi connectivity index (χ3v) is 3.92. The molecule has 0 amide bonds. The molecular weight excluding hydrogens is 317 g/mol. The van der Waals surface area contributed by atoms with E-state index in [-0.39, 0.29) is 0 Å². The standard InChI is InChI=1S/C12H18NO8P/c14-10-8(6-20-22(17,18)19)21-12(11(10)15)9(13-16)7-4-2-1-3-5-7/h1-5,8-16H,6H2,(H2,17,18,19)/t8-,9?,10-,11-,12?/m1/s1. The van der Waals surface area contributed by atoms with Gasteiger partial charge in [-0.2, -0.15) is 5.48 Å². The Labute approximate surface area is 126 Å². The van der Waals surface area contributed by atoms with Crippen LogP contribution in [0.4, 0.5) is 0 Å². The number of aliphatic hydroxyl groups excluding tert-OH is 2. The maximum atomic E-state index is 10.7. The summed E-state index contributed by atoms with van der Waals surface area (Å²) in [7, 11) is -4.71. The van der Waals surface area contributed by atoms with Gasteiger partial charge in [0, 0.05) is 0 Å². The molecule has 9 nitrogen and oxygen atoms in total. The van der Waals surface area contributed by atoms with Gasteiger partial charge < -0.3 is 29.9 Å². The molecular formula is C12H18NO8P. The zero-order valence-electron chi connectivity index (χ0n) is 11.4. The summed E-state index contributed by atoms with van der Waals surface area (Å²) in [5.74, 6) is 0. The summed E-state index contributed by atoms with van der Waals surface area (Å²) in [6.45, 7) is -0.591. The van der Waals surface area contributed by atoms with Crippen molar-refractivity contribution in [1.29, 1.82) is 0 Å². The van der Waals surface area contributed by atoms with Gasteiger partial charge in [-0.05, 0) is 5.56 Å². The fourth-order valence-electron chi connectivity index (χ4n) is 2.36. The lowest BCUT2D eigenvalue weighted by atomic mass is 9.97. The summed E-state index contributed by atoms with van der Waals surface area (Å²) >= 11 is 0. The number of nitrogens with one attached hydrogen (secondary N) is 1. The van der Waals surface area contributed by atoms with Gasteiger partial charge in [0.25, 0.3) is 0 Å². The third-order valence-electron chi connectivity index (χ3n) is 3.43. The van der Waals surface area contributed by atoms with Gasteiger partial charge in [0.05, 0.1) is 12.6 Å². The predicted octanol–water partition coefficient (Wildman–Crippen LogP) is -0.695. The molecule has 1 aromatic carbocycles. The summed E-state index contributed by atoms with van der Waals surface area (Å²) in [6, 6.07) is 7.78. The molecule has 2 unspecified atom stereocenters. The summed E-state index contributed by atoms with van der Waals surface area (Å²) in [6.07, 6.45) is -4.92. The fourth-order valence-corrected chi connectivity index (χ4v) is 2.70. The van der Waals surface area contributed by atoms with Gasteiger partial charge in [0.15, 0.2) is 0 Å². The van der Waals surface area contributed by atoms with Crippen molar-refractivity contribution < 1.29 is 39.0 Å². The number of phosphoric acid groups is 1. The molecule has 0 aromatic heterocycles. The van der Waals surface area contributed by atoms with Crippen molar-refractivity contribution in [2.75, 3.05) is 6.61 Å². The number of hydrogen-bond acceptors (Lipinski definition) is 7. The molecule has 1 heterocycles. The minimum Gasteiger partial charge on any atom is -0.388 e. The average Bonchev–Trinajstić information content (AvgIpc) is 2.75. The lowest BCUT2D eigenvalue weighted by Gasteiger charge is -2.24. The molecule has 1 aromatic rings. The van der Waals surface area contributed by atoms with E-state index >= 15 is 0 Å². The van der Waals surface area contributed by atoms with Crippen molar-refractivity contribution in [1.82, 2.24) is 5.48 Å². The zero-order valence-corrected chi connectivity index (χ0v) is 12.3. The van der Waals surface area contributed by atoms with E-state index in [9.17, 15) is 20.0 Å². The lowest BCUT2D eigenvalue weighted by molar-refractivity contribution is -0.0554. The molecule has 2 rings (SSSR count). The summed E-state index contributed by atoms with van der Waals surface area (Å²) < 4.78 is 20.4. The van der Waals surface area contributed by atoms with Gasteiger partial charge in [-0.1, -0.05) is 30.3 Å². The highest BCUT2D eigenvalue weighted by Gasteiger charge is 2.47. The van der Waals surface area contributed by atoms with Gasteiger partial charge in [-0.3, -0.25) is 4.52 Å². The van der Waals surface area contributed by atoms with Crippen LogP contribution >= 0.6 is 7.82 Å². The lowest BCUT2D eigenvalue weighted by Crippen LogP contribution is -2.39. The highest BCUT2D eigenvalue weighted by atomic mass is 31.2. The van der Waals surface area contributed by atoms with Gasteiger partial charge >= 0.3 is 7.82 Å². The van der Waals surface area contributed by atoms with Crippen molar-refractivity contribution in [3.8, 4) is 0 Å². The molecule has 10 heteroatoms. The Morgan fingerprint density at radius 3 is 2.41 bits per heavy atom. The molecule has 1 aliphatic heterocycles. The van der Waals surface area contributed by atoms with Crippen LogP contribution in [0.2, 0.25) is 0 Å². The second kappa shape index (κ2) is 7.14. The maximum absolute atomic E-state index is 10.7. The summed E-state index contributed by atoms with van der Waals surface area (Å²) in [4.78, 5) is 17.3. The number of ether oxygens (including phenoxy) is 1. The Morgan fingerprint density at radius 2 is 1.86 bits per heavy atom. The van der Waals surface area contributed by atoms with E-state index in [1.165, 1.54) is 0 Å². The molecule has 22 heavy (non-hydrogen) atoms. The van der Waals surface area contributed by atoms with Crippen LogP contribution in [0, 0.1) is 0 Å². The first-order chi connectivity index (χ1) is 10.3. The highest BCUT2D eigenvalue weighted by Crippen LogP contribution is 2.38. The van der Waals surface area contributed by atoms with Crippen molar-refractivity contribution >= 4 is 7.82 Å². The topological polar surface area (TPSA) is 149 Å². The third kappa shape index (κ3) is 4.11. The van der Waals surface area contributed by atoms with E-state index in [1.807, 2.05) is 5.48 Å². The van der Waals surface area contributed by atoms with Crippen molar-refractivity contribution in [3.63, 3.8) is 0 Å². The van der Waals surface area contributed by atoms with Gasteiger partial charge in [0.1, 0.15) is 24.4 Å². The molecule has 0 bridgehead atoms. The molecule has 6 N–H and O–H groups in total. The normalized spacial score (nSPS) is 30.4. The van der Waals surface area contributed by atoms with E-state index < -0.39 is 44.9 Å². The predicted molar refractivity (Wildman–Crippen MR) is 72.8 cm³/mol. The van der Waals surface area contributed by atoms with Crippen molar-refractivity contribution in [2.45, 2.75) is 30.5 Å². The number of hydroxylamine groups is 1. The van der Waals surface area contributed by atoms with Crippen LogP contribution in [0.3, 0.4) is 0 Å². The quantitative estimate of drug-likeness (QED) is 0.293. The largest absolute Gasteiger partial charge is 0.469 e. The van der Waals surface area contributed by atoms with Crippen LogP contribution in [0.1, 0.15) is 11.6 Å². The minimum atomic E-state index is -4.71. The monoisotopic (exact) mass is 335 g/mol. The van der Waals surface area contributed by atoms with Crippen LogP contribution in [-0.2, 0) is 13.8 Å². The number of benzene rings is 1. The fraction of sp³-hybridized carbons (Fsp3) is 0.500. The van der Waals surface area contributed by atoms with Crippen LogP contribution in [0.5, 0.6) is 0 Å². The van der Waals surface area contributed by atoms with Crippen LogP contribution in [-0.4, -0.2) is 56.2 Å². The Kier molecular flexibility index (Phi) is 5.67. The maximum Gasteiger partial charge on any atom is 0.469 e. The molecule has 5 atom stereocenters. The Balaban J connectivity index is 2.10. The molecule has 124 valence electrons. The first-order valence-corrected chi connectivity index (χ1v) is 8.03. The summed E-state index contributed by atoms with van der Waals surface area (Å²) in [5.41, 5.74) is 2.62. The van der Waals surface area contributed by atoms with E-state index in [0.717, 1.165) is 0 Å². The Hall–Kier alpha value is -0.870. The van der Waals surface area contributed by atoms with Crippen molar-refractivity contribution in [3.05, 3.63) is 35.9 Å². The Bertz CT molecular complexity index is 523. The van der Waals surface area contributed by atoms with E-state index in [0.29, 0.717) is 5.56 Å². The first-order valence-electron chi connectivity index (χ1n) is 6.49. The van der Waals surface area contributed by atoms with E-state index in [1.54, 1.807) is 30.3 Å². The van der Waals surface area contributed by atoms with Crippen molar-refractivity contribution in [2.24, 2.45) is 0 Å². The Morgan fingerprint density at radius 1 is 1.23 bits per heavy atom. The molecule has 0 aliphatic carbocycles. The minimum absolute atomic E-state index is 0.591. The number of aliphatic hydroxyl groups is 2. The number of phosphoric ester groups is 1. The molecule has 0 spiro atoms. The SMILES string of the molecule is O=P(O)(O)OC[C@H]1OC(C(NO)c2ccccc2)[C@H](O)[C@@H]1O. The van der Waals surface area contributed by atoms with Crippen LogP contribution < -0.4 is 5.48 Å². The smallest absolute Gasteiger partial charge is 0.388 e. The molecule has 1 aliphatic rings. The second-order valence-corrected chi connectivity index (χ2v) is 6.16. The molecule has 0 radical (unpaired) electrons. The van der Waals surface area contributed by atoms with E-state index in [4.69, 9.17) is 14.5 Å².